The predicted octanol–water partition coefficient (Wildman–Crippen LogP) is 2.80. The summed E-state index contributed by atoms with van der Waals surface area (Å²) in [5, 5.41) is 3.47. The maximum absolute atomic E-state index is 5.70. The van der Waals surface area contributed by atoms with E-state index in [1.54, 1.807) is 6.20 Å². The summed E-state index contributed by atoms with van der Waals surface area (Å²) in [6.45, 7) is 7.78. The Morgan fingerprint density at radius 1 is 1.44 bits per heavy atom. The van der Waals surface area contributed by atoms with Crippen molar-refractivity contribution >= 4 is 5.82 Å². The van der Waals surface area contributed by atoms with Crippen molar-refractivity contribution in [3.05, 3.63) is 18.3 Å². The lowest BCUT2D eigenvalue weighted by atomic mass is 9.94. The lowest BCUT2D eigenvalue weighted by molar-refractivity contribution is 0.316. The largest absolute Gasteiger partial charge is 0.490 e. The van der Waals surface area contributed by atoms with Crippen molar-refractivity contribution in [1.82, 2.24) is 4.98 Å². The molecular formula is C14H25N3O. The van der Waals surface area contributed by atoms with Crippen molar-refractivity contribution in [2.24, 2.45) is 5.73 Å². The van der Waals surface area contributed by atoms with Gasteiger partial charge in [-0.15, -0.1) is 0 Å². The third kappa shape index (κ3) is 4.18. The highest BCUT2D eigenvalue weighted by atomic mass is 16.5. The Bertz CT molecular complexity index is 357. The van der Waals surface area contributed by atoms with Crippen molar-refractivity contribution in [2.45, 2.75) is 45.6 Å². The highest BCUT2D eigenvalue weighted by Crippen LogP contribution is 2.27. The third-order valence-corrected chi connectivity index (χ3v) is 3.13. The first-order chi connectivity index (χ1) is 8.65. The Labute approximate surface area is 110 Å². The predicted molar refractivity (Wildman–Crippen MR) is 76.0 cm³/mol. The van der Waals surface area contributed by atoms with E-state index in [1.165, 1.54) is 0 Å². The topological polar surface area (TPSA) is 60.2 Å². The molecule has 0 spiro atoms. The van der Waals surface area contributed by atoms with Gasteiger partial charge < -0.3 is 15.8 Å². The van der Waals surface area contributed by atoms with E-state index in [0.29, 0.717) is 13.2 Å². The van der Waals surface area contributed by atoms with Crippen LogP contribution in [-0.2, 0) is 0 Å². The van der Waals surface area contributed by atoms with Crippen LogP contribution in [0.25, 0.3) is 0 Å². The van der Waals surface area contributed by atoms with Crippen LogP contribution in [0.15, 0.2) is 18.3 Å². The zero-order valence-corrected chi connectivity index (χ0v) is 11.7. The number of ether oxygens (including phenoxy) is 1. The van der Waals surface area contributed by atoms with Crippen molar-refractivity contribution in [3.8, 4) is 5.75 Å². The standard InChI is InChI=1S/C14H25N3O/c1-4-11-18-12-7-6-10-16-13(12)17-14(3,5-2)8-9-15/h6-7,10H,4-5,8-9,11,15H2,1-3H3,(H,16,17). The van der Waals surface area contributed by atoms with E-state index in [1.807, 2.05) is 12.1 Å². The Balaban J connectivity index is 2.81. The molecule has 0 radical (unpaired) electrons. The van der Waals surface area contributed by atoms with Gasteiger partial charge in [-0.2, -0.15) is 0 Å². The Morgan fingerprint density at radius 2 is 2.22 bits per heavy atom. The molecule has 0 aliphatic rings. The van der Waals surface area contributed by atoms with E-state index in [-0.39, 0.29) is 5.54 Å². The van der Waals surface area contributed by atoms with E-state index in [0.717, 1.165) is 30.8 Å². The molecule has 1 rings (SSSR count). The lowest BCUT2D eigenvalue weighted by Gasteiger charge is -2.30. The fraction of sp³-hybridized carbons (Fsp3) is 0.643. The zero-order chi connectivity index (χ0) is 13.4. The quantitative estimate of drug-likeness (QED) is 0.746. The van der Waals surface area contributed by atoms with E-state index in [4.69, 9.17) is 10.5 Å². The van der Waals surface area contributed by atoms with Crippen LogP contribution >= 0.6 is 0 Å². The van der Waals surface area contributed by atoms with E-state index < -0.39 is 0 Å². The molecular weight excluding hydrogens is 226 g/mol. The second-order valence-corrected chi connectivity index (χ2v) is 4.78. The van der Waals surface area contributed by atoms with Gasteiger partial charge in [-0.05, 0) is 44.9 Å². The van der Waals surface area contributed by atoms with Crippen LogP contribution < -0.4 is 15.8 Å². The maximum atomic E-state index is 5.70. The van der Waals surface area contributed by atoms with Crippen LogP contribution in [0.3, 0.4) is 0 Å². The van der Waals surface area contributed by atoms with Crippen LogP contribution in [0.1, 0.15) is 40.0 Å². The molecule has 0 amide bonds. The SMILES string of the molecule is CCCOc1cccnc1NC(C)(CC)CCN. The number of hydrogen-bond donors (Lipinski definition) is 2. The zero-order valence-electron chi connectivity index (χ0n) is 11.7. The molecule has 0 aromatic carbocycles. The van der Waals surface area contributed by atoms with Gasteiger partial charge >= 0.3 is 0 Å². The van der Waals surface area contributed by atoms with Gasteiger partial charge in [0.15, 0.2) is 11.6 Å². The summed E-state index contributed by atoms with van der Waals surface area (Å²) >= 11 is 0. The molecule has 4 nitrogen and oxygen atoms in total. The summed E-state index contributed by atoms with van der Waals surface area (Å²) < 4.78 is 5.70. The average Bonchev–Trinajstić information content (AvgIpc) is 2.38. The Morgan fingerprint density at radius 3 is 2.83 bits per heavy atom. The first-order valence-electron chi connectivity index (χ1n) is 6.71. The molecule has 3 N–H and O–H groups in total. The number of rotatable bonds is 8. The highest BCUT2D eigenvalue weighted by molar-refractivity contribution is 5.51. The molecule has 0 aliphatic heterocycles. The van der Waals surface area contributed by atoms with Crippen molar-refractivity contribution < 1.29 is 4.74 Å². The van der Waals surface area contributed by atoms with Gasteiger partial charge in [0.05, 0.1) is 6.61 Å². The van der Waals surface area contributed by atoms with Gasteiger partial charge in [0.1, 0.15) is 0 Å². The van der Waals surface area contributed by atoms with Gasteiger partial charge in [-0.1, -0.05) is 13.8 Å². The molecule has 1 atom stereocenters. The fourth-order valence-corrected chi connectivity index (χ4v) is 1.74. The molecule has 18 heavy (non-hydrogen) atoms. The summed E-state index contributed by atoms with van der Waals surface area (Å²) in [4.78, 5) is 4.37. The summed E-state index contributed by atoms with van der Waals surface area (Å²) in [5.41, 5.74) is 5.64. The van der Waals surface area contributed by atoms with Gasteiger partial charge in [-0.3, -0.25) is 0 Å². The molecule has 1 aromatic rings. The first kappa shape index (κ1) is 14.8. The second kappa shape index (κ2) is 7.21. The van der Waals surface area contributed by atoms with Gasteiger partial charge in [-0.25, -0.2) is 4.98 Å². The van der Waals surface area contributed by atoms with Crippen molar-refractivity contribution in [2.75, 3.05) is 18.5 Å². The summed E-state index contributed by atoms with van der Waals surface area (Å²) in [5.74, 6) is 1.62. The minimum absolute atomic E-state index is 0.0343. The first-order valence-corrected chi connectivity index (χ1v) is 6.71. The molecule has 0 fully saturated rings. The number of hydrogen-bond acceptors (Lipinski definition) is 4. The number of nitrogens with zero attached hydrogens (tertiary/aromatic N) is 1. The molecule has 0 saturated heterocycles. The molecule has 0 aliphatic carbocycles. The normalized spacial score (nSPS) is 14.0. The number of nitrogens with one attached hydrogen (secondary N) is 1. The Kier molecular flexibility index (Phi) is 5.92. The second-order valence-electron chi connectivity index (χ2n) is 4.78. The summed E-state index contributed by atoms with van der Waals surface area (Å²) in [6, 6.07) is 3.84. The monoisotopic (exact) mass is 251 g/mol. The van der Waals surface area contributed by atoms with Crippen LogP contribution in [0.5, 0.6) is 5.75 Å². The average molecular weight is 251 g/mol. The van der Waals surface area contributed by atoms with Gasteiger partial charge in [0.25, 0.3) is 0 Å². The maximum Gasteiger partial charge on any atom is 0.169 e. The van der Waals surface area contributed by atoms with Crippen molar-refractivity contribution in [3.63, 3.8) is 0 Å². The number of aromatic nitrogens is 1. The van der Waals surface area contributed by atoms with E-state index >= 15 is 0 Å². The third-order valence-electron chi connectivity index (χ3n) is 3.13. The van der Waals surface area contributed by atoms with Gasteiger partial charge in [0, 0.05) is 11.7 Å². The molecule has 1 unspecified atom stereocenters. The smallest absolute Gasteiger partial charge is 0.169 e. The van der Waals surface area contributed by atoms with Crippen LogP contribution in [0.4, 0.5) is 5.82 Å². The lowest BCUT2D eigenvalue weighted by Crippen LogP contribution is -2.36. The summed E-state index contributed by atoms with van der Waals surface area (Å²) in [6.07, 6.45) is 4.67. The van der Waals surface area contributed by atoms with E-state index in [9.17, 15) is 0 Å². The number of nitrogens with two attached hydrogens (primary N) is 1. The number of pyridine rings is 1. The molecule has 0 saturated carbocycles. The summed E-state index contributed by atoms with van der Waals surface area (Å²) in [7, 11) is 0. The minimum atomic E-state index is -0.0343. The Hall–Kier alpha value is -1.29. The fourth-order valence-electron chi connectivity index (χ4n) is 1.74. The molecule has 4 heteroatoms. The highest BCUT2D eigenvalue weighted by Gasteiger charge is 2.22. The van der Waals surface area contributed by atoms with Crippen LogP contribution in [0, 0.1) is 0 Å². The van der Waals surface area contributed by atoms with Gasteiger partial charge in [0.2, 0.25) is 0 Å². The van der Waals surface area contributed by atoms with Crippen LogP contribution in [-0.4, -0.2) is 23.7 Å². The van der Waals surface area contributed by atoms with Crippen LogP contribution in [0.2, 0.25) is 0 Å². The van der Waals surface area contributed by atoms with E-state index in [2.05, 4.69) is 31.1 Å². The molecule has 1 heterocycles. The minimum Gasteiger partial charge on any atom is -0.490 e. The molecule has 102 valence electrons. The molecule has 1 aromatic heterocycles. The number of anilines is 1. The van der Waals surface area contributed by atoms with Crippen molar-refractivity contribution in [1.29, 1.82) is 0 Å². The molecule has 0 bridgehead atoms.